The van der Waals surface area contributed by atoms with Crippen LogP contribution in [-0.4, -0.2) is 53.3 Å². The number of carbonyl (C=O) groups is 5. The molecule has 0 unspecified atom stereocenters. The fourth-order valence-corrected chi connectivity index (χ4v) is 7.39. The van der Waals surface area contributed by atoms with E-state index in [1.807, 2.05) is 67.8 Å². The van der Waals surface area contributed by atoms with Crippen LogP contribution in [0.3, 0.4) is 0 Å². The van der Waals surface area contributed by atoms with Crippen molar-refractivity contribution in [3.63, 3.8) is 0 Å². The van der Waals surface area contributed by atoms with Crippen LogP contribution >= 0.6 is 79.4 Å². The lowest BCUT2D eigenvalue weighted by atomic mass is 10.1. The van der Waals surface area contributed by atoms with Crippen molar-refractivity contribution in [3.8, 4) is 0 Å². The molecule has 0 heterocycles. The van der Waals surface area contributed by atoms with E-state index < -0.39 is 34.8 Å². The van der Waals surface area contributed by atoms with E-state index in [0.717, 1.165) is 20.8 Å². The number of hydrogen-bond donors (Lipinski definition) is 1. The van der Waals surface area contributed by atoms with E-state index in [4.69, 9.17) is 21.1 Å². The van der Waals surface area contributed by atoms with Gasteiger partial charge in [0, 0.05) is 37.9 Å². The standard InChI is InChI=1S/C19H18ClI3N2O7/c1-6-7-25(5)17(29)11-12(21)10(16(20)28)13(22)15(14(11)23)24-18(30)19(4,31-8(2)26)32-9(3)27/h6H,1,7H2,2-5H3,(H,24,30). The molecule has 0 aliphatic heterocycles. The second-order valence-electron chi connectivity index (χ2n) is 6.40. The van der Waals surface area contributed by atoms with Crippen molar-refractivity contribution in [2.24, 2.45) is 0 Å². The lowest BCUT2D eigenvalue weighted by molar-refractivity contribution is -0.216. The Labute approximate surface area is 230 Å². The van der Waals surface area contributed by atoms with Crippen LogP contribution in [-0.2, 0) is 23.9 Å². The van der Waals surface area contributed by atoms with E-state index in [2.05, 4.69) is 11.9 Å². The van der Waals surface area contributed by atoms with Crippen LogP contribution in [0.1, 0.15) is 41.5 Å². The van der Waals surface area contributed by atoms with Crippen molar-refractivity contribution in [3.05, 3.63) is 34.5 Å². The molecule has 0 atom stereocenters. The maximum atomic E-state index is 13.0. The third-order valence-corrected chi connectivity index (χ3v) is 7.23. The number of rotatable bonds is 8. The highest BCUT2D eigenvalue weighted by atomic mass is 127. The quantitative estimate of drug-likeness (QED) is 0.139. The van der Waals surface area contributed by atoms with Crippen LogP contribution in [0, 0.1) is 10.7 Å². The van der Waals surface area contributed by atoms with Gasteiger partial charge in [0.2, 0.25) is 0 Å². The Bertz CT molecular complexity index is 997. The van der Waals surface area contributed by atoms with Crippen molar-refractivity contribution < 1.29 is 33.4 Å². The first-order chi connectivity index (χ1) is 14.7. The summed E-state index contributed by atoms with van der Waals surface area (Å²) in [5.74, 6) is -5.47. The van der Waals surface area contributed by atoms with Gasteiger partial charge in [-0.25, -0.2) is 0 Å². The van der Waals surface area contributed by atoms with Gasteiger partial charge >= 0.3 is 23.6 Å². The number of hydrogen-bond acceptors (Lipinski definition) is 7. The second-order valence-corrected chi connectivity index (χ2v) is 9.98. The molecule has 0 aliphatic carbocycles. The Hall–Kier alpha value is -1.01. The average Bonchev–Trinajstić information content (AvgIpc) is 2.63. The molecule has 32 heavy (non-hydrogen) atoms. The number of anilines is 1. The summed E-state index contributed by atoms with van der Waals surface area (Å²) in [6.07, 6.45) is 1.53. The molecule has 0 fully saturated rings. The van der Waals surface area contributed by atoms with Crippen molar-refractivity contribution in [2.45, 2.75) is 26.6 Å². The van der Waals surface area contributed by atoms with Crippen LogP contribution in [0.2, 0.25) is 0 Å². The number of likely N-dealkylation sites (N-methyl/N-ethyl adjacent to an activating group) is 1. The average molecular weight is 803 g/mol. The Morgan fingerprint density at radius 2 is 1.50 bits per heavy atom. The van der Waals surface area contributed by atoms with Gasteiger partial charge in [0.15, 0.2) is 0 Å². The number of carbonyl (C=O) groups excluding carboxylic acids is 5. The summed E-state index contributed by atoms with van der Waals surface area (Å²) in [5, 5.41) is 1.67. The number of amides is 2. The van der Waals surface area contributed by atoms with Crippen molar-refractivity contribution in [1.29, 1.82) is 0 Å². The minimum Gasteiger partial charge on any atom is -0.414 e. The Kier molecular flexibility index (Phi) is 10.8. The van der Waals surface area contributed by atoms with Gasteiger partial charge in [-0.05, 0) is 79.4 Å². The zero-order valence-electron chi connectivity index (χ0n) is 17.3. The first kappa shape index (κ1) is 29.0. The fourth-order valence-electron chi connectivity index (χ4n) is 2.49. The molecule has 0 saturated carbocycles. The third-order valence-electron chi connectivity index (χ3n) is 3.80. The van der Waals surface area contributed by atoms with Gasteiger partial charge in [-0.3, -0.25) is 24.0 Å². The number of halogens is 4. The predicted molar refractivity (Wildman–Crippen MR) is 143 cm³/mol. The van der Waals surface area contributed by atoms with E-state index in [9.17, 15) is 24.0 Å². The maximum Gasteiger partial charge on any atom is 0.333 e. The SMILES string of the molecule is C=CCN(C)C(=O)c1c(I)c(NC(=O)C(C)(OC(C)=O)OC(C)=O)c(I)c(C(=O)Cl)c1I. The van der Waals surface area contributed by atoms with Crippen LogP contribution in [0.15, 0.2) is 12.7 Å². The van der Waals surface area contributed by atoms with E-state index >= 15 is 0 Å². The predicted octanol–water partition coefficient (Wildman–Crippen LogP) is 3.92. The normalized spacial score (nSPS) is 10.8. The highest BCUT2D eigenvalue weighted by Crippen LogP contribution is 2.37. The largest absolute Gasteiger partial charge is 0.414 e. The molecule has 0 aliphatic rings. The van der Waals surface area contributed by atoms with Gasteiger partial charge in [-0.1, -0.05) is 6.08 Å². The molecular formula is C19H18ClI3N2O7. The second kappa shape index (κ2) is 11.9. The summed E-state index contributed by atoms with van der Waals surface area (Å²) in [7, 11) is 1.55. The number of benzene rings is 1. The molecule has 9 nitrogen and oxygen atoms in total. The third kappa shape index (κ3) is 6.75. The van der Waals surface area contributed by atoms with Crippen molar-refractivity contribution >= 4 is 114 Å². The molecule has 13 heteroatoms. The number of esters is 2. The zero-order valence-corrected chi connectivity index (χ0v) is 24.5. The van der Waals surface area contributed by atoms with Gasteiger partial charge in [-0.2, -0.15) is 0 Å². The van der Waals surface area contributed by atoms with Crippen LogP contribution in [0.25, 0.3) is 0 Å². The molecule has 2 amide bonds. The topological polar surface area (TPSA) is 119 Å². The van der Waals surface area contributed by atoms with Gasteiger partial charge < -0.3 is 19.7 Å². The Balaban J connectivity index is 3.71. The van der Waals surface area contributed by atoms with E-state index in [1.165, 1.54) is 11.0 Å². The van der Waals surface area contributed by atoms with Gasteiger partial charge in [0.25, 0.3) is 11.1 Å². The molecule has 0 radical (unpaired) electrons. The van der Waals surface area contributed by atoms with Gasteiger partial charge in [-0.15, -0.1) is 6.58 Å². The highest BCUT2D eigenvalue weighted by Gasteiger charge is 2.42. The number of nitrogens with one attached hydrogen (secondary N) is 1. The number of nitrogens with zero attached hydrogens (tertiary/aromatic N) is 1. The number of ether oxygens (including phenoxy) is 2. The van der Waals surface area contributed by atoms with Gasteiger partial charge in [0.05, 0.1) is 24.0 Å². The van der Waals surface area contributed by atoms with E-state index in [0.29, 0.717) is 7.14 Å². The monoisotopic (exact) mass is 802 g/mol. The lowest BCUT2D eigenvalue weighted by Gasteiger charge is -2.28. The molecule has 0 aromatic heterocycles. The minimum atomic E-state index is -2.29. The summed E-state index contributed by atoms with van der Waals surface area (Å²) in [5.41, 5.74) is 0.221. The molecular weight excluding hydrogens is 784 g/mol. The summed E-state index contributed by atoms with van der Waals surface area (Å²) < 4.78 is 10.7. The molecule has 0 saturated heterocycles. The lowest BCUT2D eigenvalue weighted by Crippen LogP contribution is -2.47. The van der Waals surface area contributed by atoms with Crippen molar-refractivity contribution in [1.82, 2.24) is 4.90 Å². The molecule has 1 aromatic rings. The Morgan fingerprint density at radius 1 is 1.03 bits per heavy atom. The van der Waals surface area contributed by atoms with Crippen molar-refractivity contribution in [2.75, 3.05) is 18.9 Å². The summed E-state index contributed by atoms with van der Waals surface area (Å²) in [6.45, 7) is 7.02. The van der Waals surface area contributed by atoms with E-state index in [-0.39, 0.29) is 26.9 Å². The van der Waals surface area contributed by atoms with E-state index in [1.54, 1.807) is 7.05 Å². The molecule has 1 rings (SSSR count). The molecule has 174 valence electrons. The smallest absolute Gasteiger partial charge is 0.333 e. The van der Waals surface area contributed by atoms with Crippen LogP contribution in [0.4, 0.5) is 5.69 Å². The summed E-state index contributed by atoms with van der Waals surface area (Å²) >= 11 is 11.3. The molecule has 0 spiro atoms. The van der Waals surface area contributed by atoms with Gasteiger partial charge in [0.1, 0.15) is 0 Å². The summed E-state index contributed by atoms with van der Waals surface area (Å²) in [4.78, 5) is 62.5. The Morgan fingerprint density at radius 3 is 1.91 bits per heavy atom. The first-order valence-electron chi connectivity index (χ1n) is 8.65. The molecule has 0 bridgehead atoms. The highest BCUT2D eigenvalue weighted by molar-refractivity contribution is 14.1. The summed E-state index contributed by atoms with van der Waals surface area (Å²) in [6, 6.07) is 0. The minimum absolute atomic E-state index is 0.0145. The fraction of sp³-hybridized carbons (Fsp3) is 0.316. The first-order valence-corrected chi connectivity index (χ1v) is 12.3. The van der Waals surface area contributed by atoms with Crippen LogP contribution < -0.4 is 5.32 Å². The molecule has 1 aromatic carbocycles. The maximum absolute atomic E-state index is 13.0. The van der Waals surface area contributed by atoms with Crippen LogP contribution in [0.5, 0.6) is 0 Å². The molecule has 1 N–H and O–H groups in total. The zero-order chi connectivity index (χ0) is 25.0.